The largest absolute Gasteiger partial charge is 0.494 e. The Kier molecular flexibility index (Phi) is 4.73. The van der Waals surface area contributed by atoms with Crippen LogP contribution in [0.5, 0.6) is 5.75 Å². The van der Waals surface area contributed by atoms with Gasteiger partial charge >= 0.3 is 0 Å². The first-order valence-corrected chi connectivity index (χ1v) is 7.65. The van der Waals surface area contributed by atoms with Crippen molar-refractivity contribution in [1.82, 2.24) is 10.2 Å². The number of halogens is 1. The fourth-order valence-corrected chi connectivity index (χ4v) is 2.83. The Morgan fingerprint density at radius 3 is 3.00 bits per heavy atom. The maximum atomic E-state index is 13.6. The van der Waals surface area contributed by atoms with Crippen LogP contribution in [0.3, 0.4) is 0 Å². The molecule has 1 saturated carbocycles. The SMILES string of the molecule is COc1ccc(CNC[C@H]2CN(C3CC3)CCO2)cc1F. The summed E-state index contributed by atoms with van der Waals surface area (Å²) in [4.78, 5) is 2.53. The molecular weight excluding hydrogens is 271 g/mol. The summed E-state index contributed by atoms with van der Waals surface area (Å²) >= 11 is 0. The quantitative estimate of drug-likeness (QED) is 0.867. The van der Waals surface area contributed by atoms with Gasteiger partial charge in [0, 0.05) is 32.2 Å². The highest BCUT2D eigenvalue weighted by molar-refractivity contribution is 5.29. The van der Waals surface area contributed by atoms with Gasteiger partial charge in [0.2, 0.25) is 0 Å². The predicted molar refractivity (Wildman–Crippen MR) is 79.0 cm³/mol. The van der Waals surface area contributed by atoms with E-state index < -0.39 is 0 Å². The molecule has 1 atom stereocenters. The molecule has 4 nitrogen and oxygen atoms in total. The second kappa shape index (κ2) is 6.73. The number of benzene rings is 1. The number of morpholine rings is 1. The van der Waals surface area contributed by atoms with Crippen molar-refractivity contribution in [3.8, 4) is 5.75 Å². The van der Waals surface area contributed by atoms with Crippen LogP contribution >= 0.6 is 0 Å². The molecule has 1 aromatic carbocycles. The van der Waals surface area contributed by atoms with Crippen LogP contribution in [0.15, 0.2) is 18.2 Å². The summed E-state index contributed by atoms with van der Waals surface area (Å²) in [7, 11) is 1.47. The van der Waals surface area contributed by atoms with Crippen LogP contribution in [0, 0.1) is 5.82 Å². The Hall–Kier alpha value is -1.17. The minimum atomic E-state index is -0.314. The van der Waals surface area contributed by atoms with Gasteiger partial charge in [-0.25, -0.2) is 4.39 Å². The van der Waals surface area contributed by atoms with Crippen molar-refractivity contribution in [3.63, 3.8) is 0 Å². The molecular formula is C16H23FN2O2. The number of methoxy groups -OCH3 is 1. The van der Waals surface area contributed by atoms with Gasteiger partial charge in [0.05, 0.1) is 19.8 Å². The lowest BCUT2D eigenvalue weighted by Crippen LogP contribution is -2.47. The van der Waals surface area contributed by atoms with E-state index in [9.17, 15) is 4.39 Å². The van der Waals surface area contributed by atoms with Crippen molar-refractivity contribution in [2.24, 2.45) is 0 Å². The number of nitrogens with one attached hydrogen (secondary N) is 1. The minimum absolute atomic E-state index is 0.238. The third-order valence-electron chi connectivity index (χ3n) is 4.15. The van der Waals surface area contributed by atoms with Crippen LogP contribution in [0.4, 0.5) is 4.39 Å². The topological polar surface area (TPSA) is 33.7 Å². The normalized spacial score (nSPS) is 23.2. The molecule has 1 aromatic rings. The zero-order valence-corrected chi connectivity index (χ0v) is 12.5. The summed E-state index contributed by atoms with van der Waals surface area (Å²) in [5.41, 5.74) is 0.920. The van der Waals surface area contributed by atoms with E-state index in [0.29, 0.717) is 6.54 Å². The summed E-state index contributed by atoms with van der Waals surface area (Å²) in [6, 6.07) is 5.86. The lowest BCUT2D eigenvalue weighted by atomic mass is 10.2. The minimum Gasteiger partial charge on any atom is -0.494 e. The van der Waals surface area contributed by atoms with Crippen molar-refractivity contribution in [2.75, 3.05) is 33.4 Å². The van der Waals surface area contributed by atoms with E-state index in [0.717, 1.165) is 37.8 Å². The number of ether oxygens (including phenoxy) is 2. The molecule has 0 amide bonds. The summed E-state index contributed by atoms with van der Waals surface area (Å²) in [6.45, 7) is 4.33. The first-order chi connectivity index (χ1) is 10.3. The highest BCUT2D eigenvalue weighted by atomic mass is 19.1. The monoisotopic (exact) mass is 294 g/mol. The first-order valence-electron chi connectivity index (χ1n) is 7.65. The zero-order valence-electron chi connectivity index (χ0n) is 12.5. The fourth-order valence-electron chi connectivity index (χ4n) is 2.83. The van der Waals surface area contributed by atoms with Gasteiger partial charge in [0.1, 0.15) is 0 Å². The van der Waals surface area contributed by atoms with Gasteiger partial charge in [-0.1, -0.05) is 6.07 Å². The molecule has 1 saturated heterocycles. The van der Waals surface area contributed by atoms with E-state index >= 15 is 0 Å². The van der Waals surface area contributed by atoms with E-state index in [4.69, 9.17) is 9.47 Å². The second-order valence-electron chi connectivity index (χ2n) is 5.82. The van der Waals surface area contributed by atoms with Gasteiger partial charge in [-0.15, -0.1) is 0 Å². The van der Waals surface area contributed by atoms with Gasteiger partial charge in [-0.2, -0.15) is 0 Å². The van der Waals surface area contributed by atoms with Crippen LogP contribution in [0.2, 0.25) is 0 Å². The van der Waals surface area contributed by atoms with Gasteiger partial charge in [-0.3, -0.25) is 4.90 Å². The molecule has 0 radical (unpaired) electrons. The third kappa shape index (κ3) is 3.93. The Balaban J connectivity index is 1.44. The lowest BCUT2D eigenvalue weighted by Gasteiger charge is -2.33. The van der Waals surface area contributed by atoms with Crippen molar-refractivity contribution in [3.05, 3.63) is 29.6 Å². The fraction of sp³-hybridized carbons (Fsp3) is 0.625. The van der Waals surface area contributed by atoms with E-state index in [2.05, 4.69) is 10.2 Å². The molecule has 1 aliphatic carbocycles. The second-order valence-corrected chi connectivity index (χ2v) is 5.82. The van der Waals surface area contributed by atoms with E-state index in [1.807, 2.05) is 6.07 Å². The lowest BCUT2D eigenvalue weighted by molar-refractivity contribution is -0.0301. The summed E-state index contributed by atoms with van der Waals surface area (Å²) < 4.78 is 24.3. The number of hydrogen-bond donors (Lipinski definition) is 1. The highest BCUT2D eigenvalue weighted by Gasteiger charge is 2.32. The third-order valence-corrected chi connectivity index (χ3v) is 4.15. The molecule has 1 N–H and O–H groups in total. The van der Waals surface area contributed by atoms with Crippen LogP contribution in [-0.2, 0) is 11.3 Å². The molecule has 2 fully saturated rings. The molecule has 1 aliphatic heterocycles. The summed E-state index contributed by atoms with van der Waals surface area (Å²) in [6.07, 6.45) is 2.92. The van der Waals surface area contributed by atoms with Crippen molar-refractivity contribution >= 4 is 0 Å². The van der Waals surface area contributed by atoms with Crippen molar-refractivity contribution < 1.29 is 13.9 Å². The molecule has 0 bridgehead atoms. The van der Waals surface area contributed by atoms with Gasteiger partial charge in [0.15, 0.2) is 11.6 Å². The maximum Gasteiger partial charge on any atom is 0.165 e. The molecule has 0 spiro atoms. The van der Waals surface area contributed by atoms with Gasteiger partial charge < -0.3 is 14.8 Å². The number of nitrogens with zero attached hydrogens (tertiary/aromatic N) is 1. The smallest absolute Gasteiger partial charge is 0.165 e. The molecule has 21 heavy (non-hydrogen) atoms. The van der Waals surface area contributed by atoms with Crippen LogP contribution in [-0.4, -0.2) is 50.4 Å². The highest BCUT2D eigenvalue weighted by Crippen LogP contribution is 2.28. The Morgan fingerprint density at radius 2 is 2.29 bits per heavy atom. The number of rotatable bonds is 6. The Labute approximate surface area is 125 Å². The summed E-state index contributed by atoms with van der Waals surface area (Å²) in [5.74, 6) is -0.0277. The van der Waals surface area contributed by atoms with E-state index in [-0.39, 0.29) is 17.7 Å². The summed E-state index contributed by atoms with van der Waals surface area (Å²) in [5, 5.41) is 3.36. The van der Waals surface area contributed by atoms with Crippen LogP contribution in [0.1, 0.15) is 18.4 Å². The first kappa shape index (κ1) is 14.8. The Bertz CT molecular complexity index is 479. The molecule has 3 rings (SSSR count). The molecule has 0 aromatic heterocycles. The predicted octanol–water partition coefficient (Wildman–Crippen LogP) is 1.79. The molecule has 116 valence electrons. The van der Waals surface area contributed by atoms with Crippen LogP contribution < -0.4 is 10.1 Å². The molecule has 1 heterocycles. The standard InChI is InChI=1S/C16H23FN2O2/c1-20-16-5-2-12(8-15(16)17)9-18-10-14-11-19(6-7-21-14)13-3-4-13/h2,5,8,13-14,18H,3-4,6-7,9-11H2,1H3/t14-/m0/s1. The van der Waals surface area contributed by atoms with Crippen molar-refractivity contribution in [1.29, 1.82) is 0 Å². The van der Waals surface area contributed by atoms with Crippen molar-refractivity contribution in [2.45, 2.75) is 31.5 Å². The molecule has 2 aliphatic rings. The average Bonchev–Trinajstić information content (AvgIpc) is 3.32. The van der Waals surface area contributed by atoms with Gasteiger partial charge in [-0.05, 0) is 30.5 Å². The van der Waals surface area contributed by atoms with Gasteiger partial charge in [0.25, 0.3) is 0 Å². The number of hydrogen-bond acceptors (Lipinski definition) is 4. The van der Waals surface area contributed by atoms with Crippen LogP contribution in [0.25, 0.3) is 0 Å². The molecule has 5 heteroatoms. The maximum absolute atomic E-state index is 13.6. The zero-order chi connectivity index (χ0) is 14.7. The van der Waals surface area contributed by atoms with E-state index in [1.54, 1.807) is 6.07 Å². The molecule has 0 unspecified atom stereocenters. The van der Waals surface area contributed by atoms with E-state index in [1.165, 1.54) is 26.0 Å². The average molecular weight is 294 g/mol. The Morgan fingerprint density at radius 1 is 1.43 bits per heavy atom.